The lowest BCUT2D eigenvalue weighted by Gasteiger charge is -2.20. The number of halogens is 2. The summed E-state index contributed by atoms with van der Waals surface area (Å²) in [5, 5.41) is 21.6. The van der Waals surface area contributed by atoms with Crippen LogP contribution in [0.3, 0.4) is 0 Å². The number of ether oxygens (including phenoxy) is 2. The first kappa shape index (κ1) is 29.0. The van der Waals surface area contributed by atoms with Gasteiger partial charge in [0.2, 0.25) is 0 Å². The maximum Gasteiger partial charge on any atom is 0.311 e. The Morgan fingerprint density at radius 2 is 1.22 bits per heavy atom. The quantitative estimate of drug-likeness (QED) is 0.230. The van der Waals surface area contributed by atoms with E-state index in [0.29, 0.717) is 6.54 Å². The summed E-state index contributed by atoms with van der Waals surface area (Å²) in [5.74, 6) is -0.621. The van der Waals surface area contributed by atoms with Gasteiger partial charge >= 0.3 is 11.4 Å². The molecular weight excluding hydrogens is 488 g/mol. The summed E-state index contributed by atoms with van der Waals surface area (Å²) >= 11 is 0. The SMILES string of the molecule is CC(C)Oc1cc(F)ccc1[N+](=O)[O-].CC(C)Oc1cc(N(C)Cc2ccc(F)cc2)ccc1[N+](=O)[O-]. The molecule has 0 N–H and O–H groups in total. The molecule has 0 atom stereocenters. The van der Waals surface area contributed by atoms with Crippen LogP contribution in [0.2, 0.25) is 0 Å². The number of nitro benzene ring substituents is 2. The minimum absolute atomic E-state index is 0.0370. The van der Waals surface area contributed by atoms with E-state index in [2.05, 4.69) is 0 Å². The average molecular weight is 518 g/mol. The Labute approximate surface area is 213 Å². The van der Waals surface area contributed by atoms with Gasteiger partial charge in [-0.1, -0.05) is 12.1 Å². The summed E-state index contributed by atoms with van der Waals surface area (Å²) in [6.45, 7) is 7.62. The van der Waals surface area contributed by atoms with E-state index < -0.39 is 15.7 Å². The average Bonchev–Trinajstić information content (AvgIpc) is 2.80. The molecule has 0 heterocycles. The molecule has 0 amide bonds. The van der Waals surface area contributed by atoms with Crippen LogP contribution in [0.1, 0.15) is 33.3 Å². The number of hydrogen-bond acceptors (Lipinski definition) is 7. The van der Waals surface area contributed by atoms with E-state index in [9.17, 15) is 29.0 Å². The number of hydrogen-bond donors (Lipinski definition) is 0. The van der Waals surface area contributed by atoms with E-state index in [4.69, 9.17) is 9.47 Å². The number of rotatable bonds is 9. The van der Waals surface area contributed by atoms with Crippen LogP contribution in [0.5, 0.6) is 11.5 Å². The van der Waals surface area contributed by atoms with Crippen LogP contribution < -0.4 is 14.4 Å². The molecule has 0 aliphatic heterocycles. The highest BCUT2D eigenvalue weighted by Gasteiger charge is 2.18. The topological polar surface area (TPSA) is 108 Å². The molecule has 0 aliphatic rings. The summed E-state index contributed by atoms with van der Waals surface area (Å²) in [7, 11) is 1.86. The van der Waals surface area contributed by atoms with E-state index in [0.717, 1.165) is 29.4 Å². The lowest BCUT2D eigenvalue weighted by Crippen LogP contribution is -2.17. The van der Waals surface area contributed by atoms with Crippen LogP contribution in [-0.4, -0.2) is 29.1 Å². The molecule has 0 spiro atoms. The van der Waals surface area contributed by atoms with Crippen molar-refractivity contribution in [2.75, 3.05) is 11.9 Å². The van der Waals surface area contributed by atoms with Crippen molar-refractivity contribution in [3.63, 3.8) is 0 Å². The minimum atomic E-state index is -0.600. The van der Waals surface area contributed by atoms with Gasteiger partial charge in [0, 0.05) is 43.5 Å². The number of benzene rings is 3. The van der Waals surface area contributed by atoms with Gasteiger partial charge in [0.05, 0.1) is 22.1 Å². The molecule has 0 aromatic heterocycles. The largest absolute Gasteiger partial charge is 0.484 e. The Morgan fingerprint density at radius 3 is 1.70 bits per heavy atom. The molecule has 0 fully saturated rings. The van der Waals surface area contributed by atoms with Crippen molar-refractivity contribution in [1.29, 1.82) is 0 Å². The van der Waals surface area contributed by atoms with E-state index in [-0.39, 0.29) is 40.9 Å². The van der Waals surface area contributed by atoms with Gasteiger partial charge in [0.1, 0.15) is 11.6 Å². The zero-order valence-corrected chi connectivity index (χ0v) is 21.2. The zero-order chi connectivity index (χ0) is 27.7. The van der Waals surface area contributed by atoms with Crippen molar-refractivity contribution in [2.24, 2.45) is 0 Å². The molecule has 11 heteroatoms. The molecule has 3 aromatic rings. The first-order valence-electron chi connectivity index (χ1n) is 11.4. The molecule has 0 radical (unpaired) electrons. The van der Waals surface area contributed by atoms with Gasteiger partial charge in [-0.05, 0) is 57.5 Å². The second kappa shape index (κ2) is 13.1. The van der Waals surface area contributed by atoms with E-state index >= 15 is 0 Å². The van der Waals surface area contributed by atoms with Crippen LogP contribution in [0.4, 0.5) is 25.8 Å². The molecule has 0 saturated heterocycles. The Balaban J connectivity index is 0.000000294. The molecule has 0 unspecified atom stereocenters. The maximum atomic E-state index is 12.9. The Morgan fingerprint density at radius 1 is 0.757 bits per heavy atom. The van der Waals surface area contributed by atoms with E-state index in [1.807, 2.05) is 25.8 Å². The number of nitrogens with zero attached hydrogens (tertiary/aromatic N) is 3. The Kier molecular flexibility index (Phi) is 10.3. The highest BCUT2D eigenvalue weighted by Crippen LogP contribution is 2.32. The van der Waals surface area contributed by atoms with Gasteiger partial charge < -0.3 is 14.4 Å². The molecule has 3 aromatic carbocycles. The molecule has 0 aliphatic carbocycles. The highest BCUT2D eigenvalue weighted by atomic mass is 19.1. The zero-order valence-electron chi connectivity index (χ0n) is 21.2. The fourth-order valence-electron chi connectivity index (χ4n) is 3.18. The third kappa shape index (κ3) is 9.02. The van der Waals surface area contributed by atoms with Crippen molar-refractivity contribution in [3.8, 4) is 11.5 Å². The molecule has 0 saturated carbocycles. The van der Waals surface area contributed by atoms with Crippen molar-refractivity contribution in [2.45, 2.75) is 46.4 Å². The second-order valence-electron chi connectivity index (χ2n) is 8.59. The minimum Gasteiger partial charge on any atom is -0.484 e. The van der Waals surface area contributed by atoms with E-state index in [1.54, 1.807) is 38.1 Å². The van der Waals surface area contributed by atoms with Crippen LogP contribution in [0.25, 0.3) is 0 Å². The van der Waals surface area contributed by atoms with Crippen molar-refractivity contribution in [3.05, 3.63) is 98.1 Å². The Hall–Kier alpha value is -4.28. The van der Waals surface area contributed by atoms with Gasteiger partial charge in [-0.15, -0.1) is 0 Å². The van der Waals surface area contributed by atoms with Crippen LogP contribution in [-0.2, 0) is 6.54 Å². The van der Waals surface area contributed by atoms with Crippen LogP contribution in [0, 0.1) is 31.9 Å². The fourth-order valence-corrected chi connectivity index (χ4v) is 3.18. The van der Waals surface area contributed by atoms with Gasteiger partial charge in [-0.2, -0.15) is 0 Å². The summed E-state index contributed by atoms with van der Waals surface area (Å²) in [5.41, 5.74) is 1.45. The van der Waals surface area contributed by atoms with Gasteiger partial charge in [-0.25, -0.2) is 8.78 Å². The first-order valence-corrected chi connectivity index (χ1v) is 11.4. The van der Waals surface area contributed by atoms with Crippen molar-refractivity contribution in [1.82, 2.24) is 0 Å². The fraction of sp³-hybridized carbons (Fsp3) is 0.308. The van der Waals surface area contributed by atoms with Gasteiger partial charge in [0.15, 0.2) is 11.5 Å². The van der Waals surface area contributed by atoms with E-state index in [1.165, 1.54) is 18.2 Å². The van der Waals surface area contributed by atoms with Crippen LogP contribution >= 0.6 is 0 Å². The van der Waals surface area contributed by atoms with Gasteiger partial charge in [0.25, 0.3) is 0 Å². The van der Waals surface area contributed by atoms with Crippen molar-refractivity contribution < 1.29 is 28.1 Å². The third-order valence-electron chi connectivity index (χ3n) is 4.76. The summed E-state index contributed by atoms with van der Waals surface area (Å²) in [6, 6.07) is 14.1. The molecular formula is C26H29F2N3O6. The van der Waals surface area contributed by atoms with Crippen LogP contribution in [0.15, 0.2) is 60.7 Å². The molecule has 37 heavy (non-hydrogen) atoms. The normalized spacial score (nSPS) is 10.5. The molecule has 3 rings (SSSR count). The monoisotopic (exact) mass is 517 g/mol. The number of anilines is 1. The van der Waals surface area contributed by atoms with Gasteiger partial charge in [-0.3, -0.25) is 20.2 Å². The summed E-state index contributed by atoms with van der Waals surface area (Å²) in [6.07, 6.45) is -0.387. The molecule has 9 nitrogen and oxygen atoms in total. The standard InChI is InChI=1S/C17H19FN2O3.C9H10FNO3/c1-12(2)23-17-10-15(8-9-16(17)20(21)22)19(3)11-13-4-6-14(18)7-5-13;1-6(2)14-9-5-7(10)3-4-8(9)11(12)13/h4-10,12H,11H2,1-3H3;3-6H,1-2H3. The predicted molar refractivity (Wildman–Crippen MR) is 136 cm³/mol. The highest BCUT2D eigenvalue weighted by molar-refractivity contribution is 5.59. The molecule has 0 bridgehead atoms. The summed E-state index contributed by atoms with van der Waals surface area (Å²) in [4.78, 5) is 22.5. The first-order chi connectivity index (χ1) is 17.4. The Bertz CT molecular complexity index is 1220. The second-order valence-corrected chi connectivity index (χ2v) is 8.59. The smallest absolute Gasteiger partial charge is 0.311 e. The lowest BCUT2D eigenvalue weighted by molar-refractivity contribution is -0.386. The third-order valence-corrected chi connectivity index (χ3v) is 4.76. The predicted octanol–water partition coefficient (Wildman–Crippen LogP) is 6.68. The lowest BCUT2D eigenvalue weighted by atomic mass is 10.2. The maximum absolute atomic E-state index is 12.9. The summed E-state index contributed by atoms with van der Waals surface area (Å²) < 4.78 is 36.4. The molecule has 198 valence electrons. The van der Waals surface area contributed by atoms with Crippen molar-refractivity contribution >= 4 is 17.1 Å². The number of nitro groups is 2.